The molecule has 8 nitrogen and oxygen atoms in total. The molecule has 1 rings (SSSR count). The lowest BCUT2D eigenvalue weighted by molar-refractivity contribution is -0.140. The van der Waals surface area contributed by atoms with Gasteiger partial charge in [0, 0.05) is 11.3 Å². The third kappa shape index (κ3) is 5.22. The van der Waals surface area contributed by atoms with Gasteiger partial charge >= 0.3 is 18.0 Å². The van der Waals surface area contributed by atoms with Gasteiger partial charge in [-0.3, -0.25) is 4.79 Å². The highest BCUT2D eigenvalue weighted by Crippen LogP contribution is 2.11. The number of aromatic nitrogens is 1. The summed E-state index contributed by atoms with van der Waals surface area (Å²) in [7, 11) is 0. The van der Waals surface area contributed by atoms with Gasteiger partial charge in [-0.05, 0) is 13.3 Å². The van der Waals surface area contributed by atoms with E-state index in [1.54, 1.807) is 12.4 Å². The third-order valence-electron chi connectivity index (χ3n) is 2.50. The molecule has 0 unspecified atom stereocenters. The zero-order valence-corrected chi connectivity index (χ0v) is 11.6. The average molecular weight is 301 g/mol. The summed E-state index contributed by atoms with van der Waals surface area (Å²) in [6, 6.07) is -1.88. The van der Waals surface area contributed by atoms with Crippen molar-refractivity contribution in [2.45, 2.75) is 32.4 Å². The van der Waals surface area contributed by atoms with Gasteiger partial charge in [0.2, 0.25) is 0 Å². The quantitative estimate of drug-likeness (QED) is 0.582. The van der Waals surface area contributed by atoms with Crippen LogP contribution < -0.4 is 10.6 Å². The Balaban J connectivity index is 2.43. The first-order chi connectivity index (χ1) is 9.40. The van der Waals surface area contributed by atoms with Gasteiger partial charge in [0.25, 0.3) is 0 Å². The van der Waals surface area contributed by atoms with E-state index in [2.05, 4.69) is 15.6 Å². The van der Waals surface area contributed by atoms with E-state index >= 15 is 0 Å². The maximum absolute atomic E-state index is 11.6. The van der Waals surface area contributed by atoms with Crippen LogP contribution in [0.2, 0.25) is 0 Å². The first kappa shape index (κ1) is 15.9. The minimum absolute atomic E-state index is 0.169. The number of carbonyl (C=O) groups is 3. The van der Waals surface area contributed by atoms with Crippen molar-refractivity contribution in [1.29, 1.82) is 0 Å². The van der Waals surface area contributed by atoms with E-state index in [9.17, 15) is 14.4 Å². The number of carboxylic acids is 2. The van der Waals surface area contributed by atoms with Gasteiger partial charge < -0.3 is 20.8 Å². The van der Waals surface area contributed by atoms with E-state index in [1.807, 2.05) is 0 Å². The predicted octanol–water partition coefficient (Wildman–Crippen LogP) is 0.569. The van der Waals surface area contributed by atoms with Crippen molar-refractivity contribution < 1.29 is 24.6 Å². The number of aryl methyl sites for hydroxylation is 1. The molecule has 20 heavy (non-hydrogen) atoms. The Morgan fingerprint density at radius 1 is 1.40 bits per heavy atom. The molecule has 1 aromatic rings. The van der Waals surface area contributed by atoms with Crippen LogP contribution in [-0.4, -0.2) is 39.2 Å². The number of amides is 2. The van der Waals surface area contributed by atoms with Crippen LogP contribution in [0.15, 0.2) is 5.51 Å². The Hall–Kier alpha value is -2.16. The number of nitrogens with one attached hydrogen (secondary N) is 2. The summed E-state index contributed by atoms with van der Waals surface area (Å²) in [5.41, 5.74) is 2.45. The molecule has 110 valence electrons. The number of hydrogen-bond donors (Lipinski definition) is 4. The number of hydrogen-bond acceptors (Lipinski definition) is 5. The fourth-order valence-corrected chi connectivity index (χ4v) is 2.11. The van der Waals surface area contributed by atoms with Crippen LogP contribution in [0.4, 0.5) is 4.79 Å². The molecule has 0 radical (unpaired) electrons. The first-order valence-electron chi connectivity index (χ1n) is 5.78. The molecule has 1 heterocycles. The van der Waals surface area contributed by atoms with Crippen LogP contribution in [0, 0.1) is 6.92 Å². The van der Waals surface area contributed by atoms with Crippen molar-refractivity contribution in [1.82, 2.24) is 15.6 Å². The molecule has 0 saturated heterocycles. The molecule has 0 aromatic carbocycles. The Morgan fingerprint density at radius 3 is 2.60 bits per heavy atom. The van der Waals surface area contributed by atoms with Crippen molar-refractivity contribution in [2.75, 3.05) is 0 Å². The van der Waals surface area contributed by atoms with E-state index in [1.165, 1.54) is 11.3 Å². The lowest BCUT2D eigenvalue weighted by Gasteiger charge is -2.14. The van der Waals surface area contributed by atoms with Crippen molar-refractivity contribution in [2.24, 2.45) is 0 Å². The first-order valence-corrected chi connectivity index (χ1v) is 6.66. The van der Waals surface area contributed by atoms with Crippen LogP contribution in [-0.2, 0) is 16.1 Å². The second-order valence-electron chi connectivity index (χ2n) is 4.01. The molecule has 0 spiro atoms. The highest BCUT2D eigenvalue weighted by atomic mass is 32.1. The summed E-state index contributed by atoms with van der Waals surface area (Å²) >= 11 is 1.38. The molecule has 0 saturated carbocycles. The molecule has 1 aromatic heterocycles. The normalized spacial score (nSPS) is 11.7. The zero-order valence-electron chi connectivity index (χ0n) is 10.8. The number of carbonyl (C=O) groups excluding carboxylic acids is 1. The Kier molecular flexibility index (Phi) is 5.91. The van der Waals surface area contributed by atoms with Crippen LogP contribution >= 0.6 is 11.3 Å². The monoisotopic (exact) mass is 301 g/mol. The summed E-state index contributed by atoms with van der Waals surface area (Å²) in [6.45, 7) is 2.05. The van der Waals surface area contributed by atoms with Gasteiger partial charge in [-0.15, -0.1) is 11.3 Å². The van der Waals surface area contributed by atoms with Gasteiger partial charge in [-0.2, -0.15) is 0 Å². The van der Waals surface area contributed by atoms with Gasteiger partial charge in [0.1, 0.15) is 6.04 Å². The van der Waals surface area contributed by atoms with E-state index in [4.69, 9.17) is 10.2 Å². The number of thiazole rings is 1. The van der Waals surface area contributed by atoms with Gasteiger partial charge in [-0.1, -0.05) is 0 Å². The smallest absolute Gasteiger partial charge is 0.326 e. The molecule has 0 aliphatic heterocycles. The second-order valence-corrected chi connectivity index (χ2v) is 4.95. The summed E-state index contributed by atoms with van der Waals surface area (Å²) in [5.74, 6) is -2.38. The summed E-state index contributed by atoms with van der Waals surface area (Å²) in [6.07, 6.45) is -0.497. The van der Waals surface area contributed by atoms with Gasteiger partial charge in [0.05, 0.1) is 17.7 Å². The van der Waals surface area contributed by atoms with Crippen LogP contribution in [0.5, 0.6) is 0 Å². The molecule has 1 atom stereocenters. The molecule has 2 amide bonds. The summed E-state index contributed by atoms with van der Waals surface area (Å²) in [5, 5.41) is 22.1. The van der Waals surface area contributed by atoms with Crippen molar-refractivity contribution in [3.8, 4) is 0 Å². The maximum Gasteiger partial charge on any atom is 0.326 e. The number of rotatable bonds is 7. The fourth-order valence-electron chi connectivity index (χ4n) is 1.39. The number of nitrogens with zero attached hydrogens (tertiary/aromatic N) is 1. The van der Waals surface area contributed by atoms with Gasteiger partial charge in [-0.25, -0.2) is 14.6 Å². The number of urea groups is 1. The van der Waals surface area contributed by atoms with Crippen LogP contribution in [0.3, 0.4) is 0 Å². The zero-order chi connectivity index (χ0) is 15.1. The Morgan fingerprint density at radius 2 is 2.10 bits per heavy atom. The van der Waals surface area contributed by atoms with Crippen LogP contribution in [0.25, 0.3) is 0 Å². The third-order valence-corrected chi connectivity index (χ3v) is 3.44. The molecular formula is C11H15N3O5S. The highest BCUT2D eigenvalue weighted by molar-refractivity contribution is 7.09. The summed E-state index contributed by atoms with van der Waals surface area (Å²) in [4.78, 5) is 37.7. The SMILES string of the molecule is Cc1ncsc1CNC(=O)N[C@@H](CCC(=O)O)C(=O)O. The van der Waals surface area contributed by atoms with Crippen molar-refractivity contribution in [3.63, 3.8) is 0 Å². The topological polar surface area (TPSA) is 129 Å². The van der Waals surface area contributed by atoms with E-state index in [-0.39, 0.29) is 19.4 Å². The van der Waals surface area contributed by atoms with Crippen LogP contribution in [0.1, 0.15) is 23.4 Å². The number of carboxylic acid groups (broad SMARTS) is 2. The largest absolute Gasteiger partial charge is 0.481 e. The molecule has 0 fully saturated rings. The predicted molar refractivity (Wildman–Crippen MR) is 70.5 cm³/mol. The standard InChI is InChI=1S/C11H15N3O5S/c1-6-8(20-5-13-6)4-12-11(19)14-7(10(17)18)2-3-9(15)16/h5,7H,2-4H2,1H3,(H,15,16)(H,17,18)(H2,12,14,19)/t7-/m0/s1. The van der Waals surface area contributed by atoms with Gasteiger partial charge in [0.15, 0.2) is 0 Å². The molecule has 9 heteroatoms. The minimum atomic E-state index is -1.27. The number of aliphatic carboxylic acids is 2. The van der Waals surface area contributed by atoms with E-state index < -0.39 is 24.0 Å². The Labute approximate surface area is 118 Å². The highest BCUT2D eigenvalue weighted by Gasteiger charge is 2.20. The molecular weight excluding hydrogens is 286 g/mol. The Bertz CT molecular complexity index is 502. The molecule has 4 N–H and O–H groups in total. The minimum Gasteiger partial charge on any atom is -0.481 e. The maximum atomic E-state index is 11.6. The average Bonchev–Trinajstić information content (AvgIpc) is 2.77. The van der Waals surface area contributed by atoms with E-state index in [0.29, 0.717) is 0 Å². The lowest BCUT2D eigenvalue weighted by atomic mass is 10.1. The van der Waals surface area contributed by atoms with Crippen molar-refractivity contribution in [3.05, 3.63) is 16.1 Å². The van der Waals surface area contributed by atoms with Crippen molar-refractivity contribution >= 4 is 29.3 Å². The molecule has 0 aliphatic carbocycles. The van der Waals surface area contributed by atoms with E-state index in [0.717, 1.165) is 10.6 Å². The summed E-state index contributed by atoms with van der Waals surface area (Å²) < 4.78 is 0. The lowest BCUT2D eigenvalue weighted by Crippen LogP contribution is -2.45. The second kappa shape index (κ2) is 7.43. The molecule has 0 aliphatic rings. The molecule has 0 bridgehead atoms. The fraction of sp³-hybridized carbons (Fsp3) is 0.455.